The van der Waals surface area contributed by atoms with E-state index in [0.29, 0.717) is 15.6 Å². The zero-order valence-corrected chi connectivity index (χ0v) is 12.0. The summed E-state index contributed by atoms with van der Waals surface area (Å²) in [5, 5.41) is 5.47. The number of amides is 1. The SMILES string of the molecule is CC(NCC(=O)NCC(F)(F)F)c1ccc(Cl)cc1Cl. The first-order valence-electron chi connectivity index (χ1n) is 5.71. The van der Waals surface area contributed by atoms with E-state index < -0.39 is 18.6 Å². The minimum absolute atomic E-state index is 0.240. The van der Waals surface area contributed by atoms with Crippen LogP contribution in [0.3, 0.4) is 0 Å². The lowest BCUT2D eigenvalue weighted by molar-refractivity contribution is -0.137. The van der Waals surface area contributed by atoms with Crippen LogP contribution in [0.15, 0.2) is 18.2 Å². The normalized spacial score (nSPS) is 13.1. The van der Waals surface area contributed by atoms with Crippen LogP contribution in [0.1, 0.15) is 18.5 Å². The van der Waals surface area contributed by atoms with Crippen LogP contribution in [0, 0.1) is 0 Å². The summed E-state index contributed by atoms with van der Waals surface area (Å²) >= 11 is 11.7. The van der Waals surface area contributed by atoms with E-state index in [4.69, 9.17) is 23.2 Å². The molecule has 0 aliphatic rings. The number of carbonyl (C=O) groups is 1. The van der Waals surface area contributed by atoms with Gasteiger partial charge in [-0.3, -0.25) is 4.79 Å². The average molecular weight is 329 g/mol. The van der Waals surface area contributed by atoms with E-state index in [2.05, 4.69) is 5.32 Å². The van der Waals surface area contributed by atoms with Gasteiger partial charge in [-0.1, -0.05) is 29.3 Å². The Bertz CT molecular complexity index is 480. The molecule has 1 atom stereocenters. The Morgan fingerprint density at radius 2 is 2.00 bits per heavy atom. The fourth-order valence-corrected chi connectivity index (χ4v) is 2.04. The van der Waals surface area contributed by atoms with Crippen molar-refractivity contribution in [2.45, 2.75) is 19.1 Å². The highest BCUT2D eigenvalue weighted by molar-refractivity contribution is 6.35. The predicted molar refractivity (Wildman–Crippen MR) is 71.9 cm³/mol. The molecule has 0 bridgehead atoms. The van der Waals surface area contributed by atoms with Crippen molar-refractivity contribution in [2.24, 2.45) is 0 Å². The minimum Gasteiger partial charge on any atom is -0.346 e. The summed E-state index contributed by atoms with van der Waals surface area (Å²) < 4.78 is 35.7. The zero-order chi connectivity index (χ0) is 15.3. The molecule has 1 aromatic carbocycles. The third kappa shape index (κ3) is 5.98. The van der Waals surface area contributed by atoms with E-state index in [1.54, 1.807) is 30.4 Å². The van der Waals surface area contributed by atoms with E-state index >= 15 is 0 Å². The molecule has 0 radical (unpaired) electrons. The van der Waals surface area contributed by atoms with Crippen LogP contribution in [0.2, 0.25) is 10.0 Å². The topological polar surface area (TPSA) is 41.1 Å². The number of hydrogen-bond acceptors (Lipinski definition) is 2. The summed E-state index contributed by atoms with van der Waals surface area (Å²) in [5.74, 6) is -0.737. The largest absolute Gasteiger partial charge is 0.405 e. The lowest BCUT2D eigenvalue weighted by Gasteiger charge is -2.16. The first-order chi connectivity index (χ1) is 9.19. The molecule has 0 spiro atoms. The number of benzene rings is 1. The second-order valence-corrected chi connectivity index (χ2v) is 5.00. The van der Waals surface area contributed by atoms with E-state index in [1.165, 1.54) is 0 Å². The molecule has 1 rings (SSSR count). The number of carbonyl (C=O) groups excluding carboxylic acids is 1. The van der Waals surface area contributed by atoms with Crippen molar-refractivity contribution < 1.29 is 18.0 Å². The van der Waals surface area contributed by atoms with Crippen LogP contribution in [0.4, 0.5) is 13.2 Å². The Labute approximate surface area is 124 Å². The molecule has 1 amide bonds. The molecule has 2 N–H and O–H groups in total. The van der Waals surface area contributed by atoms with Gasteiger partial charge in [0.25, 0.3) is 0 Å². The summed E-state index contributed by atoms with van der Waals surface area (Å²) in [6.45, 7) is 0.159. The molecule has 1 aromatic rings. The second kappa shape index (κ2) is 7.15. The van der Waals surface area contributed by atoms with Gasteiger partial charge in [0.05, 0.1) is 6.54 Å². The second-order valence-electron chi connectivity index (χ2n) is 4.16. The van der Waals surface area contributed by atoms with Crippen LogP contribution >= 0.6 is 23.2 Å². The summed E-state index contributed by atoms with van der Waals surface area (Å²) in [5.41, 5.74) is 0.708. The summed E-state index contributed by atoms with van der Waals surface area (Å²) in [7, 11) is 0. The molecule has 0 saturated heterocycles. The Balaban J connectivity index is 2.47. The van der Waals surface area contributed by atoms with Gasteiger partial charge in [0.15, 0.2) is 0 Å². The average Bonchev–Trinajstić information content (AvgIpc) is 2.32. The van der Waals surface area contributed by atoms with Crippen molar-refractivity contribution in [3.05, 3.63) is 33.8 Å². The van der Waals surface area contributed by atoms with Crippen LogP contribution in [-0.2, 0) is 4.79 Å². The molecule has 112 valence electrons. The Kier molecular flexibility index (Phi) is 6.10. The van der Waals surface area contributed by atoms with E-state index in [9.17, 15) is 18.0 Å². The fraction of sp³-hybridized carbons (Fsp3) is 0.417. The Hall–Kier alpha value is -0.980. The standard InChI is InChI=1S/C12H13Cl2F3N2O/c1-7(9-3-2-8(13)4-10(9)14)18-5-11(20)19-6-12(15,16)17/h2-4,7,18H,5-6H2,1H3,(H,19,20). The van der Waals surface area contributed by atoms with Crippen molar-refractivity contribution in [3.63, 3.8) is 0 Å². The van der Waals surface area contributed by atoms with Gasteiger partial charge in [0.1, 0.15) is 6.54 Å². The number of alkyl halides is 3. The third-order valence-corrected chi connectivity index (χ3v) is 3.05. The summed E-state index contributed by atoms with van der Waals surface area (Å²) in [6, 6.07) is 4.59. The molecule has 0 saturated carbocycles. The lowest BCUT2D eigenvalue weighted by atomic mass is 10.1. The highest BCUT2D eigenvalue weighted by Crippen LogP contribution is 2.25. The van der Waals surface area contributed by atoms with Gasteiger partial charge in [-0.15, -0.1) is 0 Å². The van der Waals surface area contributed by atoms with Crippen LogP contribution < -0.4 is 10.6 Å². The number of nitrogens with one attached hydrogen (secondary N) is 2. The quantitative estimate of drug-likeness (QED) is 0.870. The highest BCUT2D eigenvalue weighted by Gasteiger charge is 2.27. The van der Waals surface area contributed by atoms with Gasteiger partial charge >= 0.3 is 6.18 Å². The molecular weight excluding hydrogens is 316 g/mol. The van der Waals surface area contributed by atoms with Crippen molar-refractivity contribution in [1.82, 2.24) is 10.6 Å². The van der Waals surface area contributed by atoms with Crippen LogP contribution in [0.5, 0.6) is 0 Å². The van der Waals surface area contributed by atoms with Crippen LogP contribution in [-0.4, -0.2) is 25.2 Å². The van der Waals surface area contributed by atoms with Crippen LogP contribution in [0.25, 0.3) is 0 Å². The molecule has 0 fully saturated rings. The molecule has 0 aliphatic heterocycles. The maximum absolute atomic E-state index is 11.9. The van der Waals surface area contributed by atoms with Gasteiger partial charge in [0.2, 0.25) is 5.91 Å². The maximum Gasteiger partial charge on any atom is 0.405 e. The zero-order valence-electron chi connectivity index (χ0n) is 10.5. The highest BCUT2D eigenvalue weighted by atomic mass is 35.5. The van der Waals surface area contributed by atoms with Crippen molar-refractivity contribution >= 4 is 29.1 Å². The first-order valence-corrected chi connectivity index (χ1v) is 6.46. The molecule has 8 heteroatoms. The van der Waals surface area contributed by atoms with Gasteiger partial charge in [-0.05, 0) is 24.6 Å². The van der Waals surface area contributed by atoms with Gasteiger partial charge < -0.3 is 10.6 Å². The smallest absolute Gasteiger partial charge is 0.346 e. The fourth-order valence-electron chi connectivity index (χ4n) is 1.47. The van der Waals surface area contributed by atoms with Crippen molar-refractivity contribution in [2.75, 3.05) is 13.1 Å². The first kappa shape index (κ1) is 17.1. The molecule has 0 aliphatic carbocycles. The molecule has 0 aromatic heterocycles. The number of halogens is 5. The van der Waals surface area contributed by atoms with Gasteiger partial charge in [-0.2, -0.15) is 13.2 Å². The summed E-state index contributed by atoms with van der Waals surface area (Å²) in [4.78, 5) is 11.2. The van der Waals surface area contributed by atoms with E-state index in [-0.39, 0.29) is 12.6 Å². The van der Waals surface area contributed by atoms with Gasteiger partial charge in [-0.25, -0.2) is 0 Å². The molecule has 1 unspecified atom stereocenters. The minimum atomic E-state index is -4.42. The van der Waals surface area contributed by atoms with Crippen molar-refractivity contribution in [3.8, 4) is 0 Å². The lowest BCUT2D eigenvalue weighted by Crippen LogP contribution is -2.39. The Morgan fingerprint density at radius 1 is 1.35 bits per heavy atom. The van der Waals surface area contributed by atoms with E-state index in [1.807, 2.05) is 0 Å². The molecule has 0 heterocycles. The Morgan fingerprint density at radius 3 is 2.55 bits per heavy atom. The summed E-state index contributed by atoms with van der Waals surface area (Å²) in [6.07, 6.45) is -4.42. The van der Waals surface area contributed by atoms with Crippen molar-refractivity contribution in [1.29, 1.82) is 0 Å². The monoisotopic (exact) mass is 328 g/mol. The molecule has 20 heavy (non-hydrogen) atoms. The number of rotatable bonds is 5. The molecule has 3 nitrogen and oxygen atoms in total. The molecular formula is C12H13Cl2F3N2O. The van der Waals surface area contributed by atoms with E-state index in [0.717, 1.165) is 0 Å². The van der Waals surface area contributed by atoms with Gasteiger partial charge in [0, 0.05) is 16.1 Å². The number of hydrogen-bond donors (Lipinski definition) is 2. The predicted octanol–water partition coefficient (Wildman–Crippen LogP) is 3.32. The third-order valence-electron chi connectivity index (χ3n) is 2.48. The maximum atomic E-state index is 11.9.